The number of aliphatic hydroxyl groups is 2. The van der Waals surface area contributed by atoms with Gasteiger partial charge in [0.1, 0.15) is 12.5 Å². The Morgan fingerprint density at radius 1 is 0.824 bits per heavy atom. The van der Waals surface area contributed by atoms with E-state index in [0.717, 1.165) is 12.8 Å². The molecule has 0 heterocycles. The van der Waals surface area contributed by atoms with Gasteiger partial charge in [0.25, 0.3) is 0 Å². The number of unbranched alkanes of at least 4 members (excludes halogenated alkanes) is 8. The van der Waals surface area contributed by atoms with Crippen LogP contribution in [0.2, 0.25) is 0 Å². The average molecular weight is 245 g/mol. The molecule has 2 unspecified atom stereocenters. The van der Waals surface area contributed by atoms with Gasteiger partial charge in [-0.05, 0) is 19.8 Å². The summed E-state index contributed by atoms with van der Waals surface area (Å²) >= 11 is 0. The fraction of sp³-hybridized carbons (Fsp3) is 1.00. The lowest BCUT2D eigenvalue weighted by Gasteiger charge is -2.14. The van der Waals surface area contributed by atoms with E-state index in [1.54, 1.807) is 6.92 Å². The molecule has 0 spiro atoms. The number of aliphatic hydroxyl groups excluding tert-OH is 2. The highest BCUT2D eigenvalue weighted by Gasteiger charge is 2.04. The number of hydrogen-bond acceptors (Lipinski definition) is 3. The summed E-state index contributed by atoms with van der Waals surface area (Å²) in [5.41, 5.74) is 0. The number of rotatable bonds is 12. The van der Waals surface area contributed by atoms with Gasteiger partial charge >= 0.3 is 0 Å². The molecule has 0 amide bonds. The second-order valence-corrected chi connectivity index (χ2v) is 4.98. The lowest BCUT2D eigenvalue weighted by atomic mass is 10.1. The third-order valence-corrected chi connectivity index (χ3v) is 3.01. The highest BCUT2D eigenvalue weighted by atomic mass is 16.3. The molecule has 0 fully saturated rings. The van der Waals surface area contributed by atoms with Crippen molar-refractivity contribution in [3.8, 4) is 0 Å². The molecule has 0 saturated carbocycles. The molecule has 0 aromatic carbocycles. The number of nitrogens with one attached hydrogen (secondary N) is 1. The van der Waals surface area contributed by atoms with E-state index in [0.29, 0.717) is 0 Å². The Hall–Kier alpha value is -0.120. The molecule has 3 heteroatoms. The Labute approximate surface area is 107 Å². The number of hydrogen-bond donors (Lipinski definition) is 3. The Morgan fingerprint density at radius 3 is 1.76 bits per heavy atom. The van der Waals surface area contributed by atoms with Crippen LogP contribution in [0.4, 0.5) is 0 Å². The molecule has 3 nitrogen and oxygen atoms in total. The molecule has 0 saturated heterocycles. The van der Waals surface area contributed by atoms with Gasteiger partial charge in [0.2, 0.25) is 0 Å². The smallest absolute Gasteiger partial charge is 0.106 e. The Bertz CT molecular complexity index is 151. The average Bonchev–Trinajstić information content (AvgIpc) is 2.26. The highest BCUT2D eigenvalue weighted by Crippen LogP contribution is 2.10. The van der Waals surface area contributed by atoms with Crippen LogP contribution in [0.1, 0.15) is 78.1 Å². The van der Waals surface area contributed by atoms with Gasteiger partial charge in [0, 0.05) is 0 Å². The Balaban J connectivity index is 3.07. The summed E-state index contributed by atoms with van der Waals surface area (Å²) in [6.07, 6.45) is 11.2. The first-order chi connectivity index (χ1) is 8.16. The van der Waals surface area contributed by atoms with Crippen LogP contribution >= 0.6 is 0 Å². The van der Waals surface area contributed by atoms with Crippen LogP contribution in [0.5, 0.6) is 0 Å². The summed E-state index contributed by atoms with van der Waals surface area (Å²) in [5.74, 6) is 0. The molecule has 0 aliphatic heterocycles. The van der Waals surface area contributed by atoms with Crippen molar-refractivity contribution in [2.45, 2.75) is 90.5 Å². The van der Waals surface area contributed by atoms with E-state index < -0.39 is 12.5 Å². The lowest BCUT2D eigenvalue weighted by Crippen LogP contribution is -2.35. The first kappa shape index (κ1) is 16.9. The highest BCUT2D eigenvalue weighted by molar-refractivity contribution is 4.55. The van der Waals surface area contributed by atoms with Crippen molar-refractivity contribution in [1.82, 2.24) is 5.32 Å². The van der Waals surface area contributed by atoms with E-state index >= 15 is 0 Å². The minimum atomic E-state index is -0.622. The summed E-state index contributed by atoms with van der Waals surface area (Å²) in [7, 11) is 0. The van der Waals surface area contributed by atoms with Gasteiger partial charge in [-0.25, -0.2) is 0 Å². The second kappa shape index (κ2) is 12.3. The molecule has 0 aromatic rings. The summed E-state index contributed by atoms with van der Waals surface area (Å²) in [4.78, 5) is 0. The zero-order chi connectivity index (χ0) is 12.9. The molecule has 0 aromatic heterocycles. The monoisotopic (exact) mass is 245 g/mol. The zero-order valence-electron chi connectivity index (χ0n) is 11.6. The molecule has 17 heavy (non-hydrogen) atoms. The third-order valence-electron chi connectivity index (χ3n) is 3.01. The standard InChI is InChI=1S/C14H31NO2/c1-3-4-5-6-7-8-9-10-11-12-14(17)15-13(2)16/h13-17H,3-12H2,1-2H3. The third kappa shape index (κ3) is 13.8. The summed E-state index contributed by atoms with van der Waals surface area (Å²) in [5, 5.41) is 21.1. The maximum Gasteiger partial charge on any atom is 0.106 e. The van der Waals surface area contributed by atoms with Crippen LogP contribution in [0, 0.1) is 0 Å². The molecule has 0 rings (SSSR count). The van der Waals surface area contributed by atoms with Gasteiger partial charge < -0.3 is 10.2 Å². The molecule has 0 radical (unpaired) electrons. The van der Waals surface area contributed by atoms with Crippen LogP contribution in [0.15, 0.2) is 0 Å². The molecule has 0 aliphatic rings. The van der Waals surface area contributed by atoms with Gasteiger partial charge in [-0.1, -0.05) is 58.3 Å². The van der Waals surface area contributed by atoms with E-state index in [-0.39, 0.29) is 0 Å². The topological polar surface area (TPSA) is 52.5 Å². The summed E-state index contributed by atoms with van der Waals surface area (Å²) in [6.45, 7) is 3.87. The maximum absolute atomic E-state index is 9.45. The summed E-state index contributed by atoms with van der Waals surface area (Å²) < 4.78 is 0. The van der Waals surface area contributed by atoms with Gasteiger partial charge in [0.15, 0.2) is 0 Å². The minimum absolute atomic E-state index is 0.556. The van der Waals surface area contributed by atoms with E-state index in [9.17, 15) is 5.11 Å². The Morgan fingerprint density at radius 2 is 1.29 bits per heavy atom. The van der Waals surface area contributed by atoms with Crippen molar-refractivity contribution < 1.29 is 10.2 Å². The van der Waals surface area contributed by atoms with Crippen molar-refractivity contribution in [3.05, 3.63) is 0 Å². The van der Waals surface area contributed by atoms with Crippen LogP contribution in [-0.2, 0) is 0 Å². The van der Waals surface area contributed by atoms with Gasteiger partial charge in [0.05, 0.1) is 0 Å². The van der Waals surface area contributed by atoms with Crippen LogP contribution < -0.4 is 5.32 Å². The van der Waals surface area contributed by atoms with E-state index in [1.807, 2.05) is 0 Å². The van der Waals surface area contributed by atoms with Crippen molar-refractivity contribution in [2.75, 3.05) is 0 Å². The lowest BCUT2D eigenvalue weighted by molar-refractivity contribution is 0.0459. The van der Waals surface area contributed by atoms with E-state index in [1.165, 1.54) is 51.4 Å². The quantitative estimate of drug-likeness (QED) is 0.366. The van der Waals surface area contributed by atoms with Crippen molar-refractivity contribution in [3.63, 3.8) is 0 Å². The normalized spacial score (nSPS) is 14.8. The predicted octanol–water partition coefficient (Wildman–Crippen LogP) is 3.15. The molecular weight excluding hydrogens is 214 g/mol. The van der Waals surface area contributed by atoms with E-state index in [4.69, 9.17) is 5.11 Å². The molecule has 2 atom stereocenters. The molecule has 104 valence electrons. The fourth-order valence-electron chi connectivity index (χ4n) is 2.01. The largest absolute Gasteiger partial charge is 0.379 e. The van der Waals surface area contributed by atoms with Gasteiger partial charge in [-0.3, -0.25) is 5.32 Å². The first-order valence-electron chi connectivity index (χ1n) is 7.29. The predicted molar refractivity (Wildman–Crippen MR) is 72.7 cm³/mol. The molecule has 0 bridgehead atoms. The SMILES string of the molecule is CCCCCCCCCCCC(O)NC(C)O. The van der Waals surface area contributed by atoms with Crippen LogP contribution in [0.25, 0.3) is 0 Å². The van der Waals surface area contributed by atoms with Crippen LogP contribution in [0.3, 0.4) is 0 Å². The van der Waals surface area contributed by atoms with E-state index in [2.05, 4.69) is 12.2 Å². The summed E-state index contributed by atoms with van der Waals surface area (Å²) in [6, 6.07) is 0. The van der Waals surface area contributed by atoms with Crippen molar-refractivity contribution >= 4 is 0 Å². The maximum atomic E-state index is 9.45. The zero-order valence-corrected chi connectivity index (χ0v) is 11.6. The molecule has 3 N–H and O–H groups in total. The first-order valence-corrected chi connectivity index (χ1v) is 7.29. The van der Waals surface area contributed by atoms with Crippen molar-refractivity contribution in [1.29, 1.82) is 0 Å². The van der Waals surface area contributed by atoms with Crippen LogP contribution in [-0.4, -0.2) is 22.7 Å². The minimum Gasteiger partial charge on any atom is -0.379 e. The van der Waals surface area contributed by atoms with Gasteiger partial charge in [-0.2, -0.15) is 0 Å². The molecule has 0 aliphatic carbocycles. The second-order valence-electron chi connectivity index (χ2n) is 4.98. The Kier molecular flexibility index (Phi) is 12.3. The fourth-order valence-corrected chi connectivity index (χ4v) is 2.01. The van der Waals surface area contributed by atoms with Gasteiger partial charge in [-0.15, -0.1) is 0 Å². The molecular formula is C14H31NO2. The van der Waals surface area contributed by atoms with Crippen molar-refractivity contribution in [2.24, 2.45) is 0 Å².